The van der Waals surface area contributed by atoms with Crippen LogP contribution in [0.2, 0.25) is 0 Å². The van der Waals surface area contributed by atoms with E-state index < -0.39 is 0 Å². The third kappa shape index (κ3) is 2.58. The van der Waals surface area contributed by atoms with E-state index in [4.69, 9.17) is 5.73 Å². The number of hydrogen-bond acceptors (Lipinski definition) is 4. The van der Waals surface area contributed by atoms with E-state index in [2.05, 4.69) is 45.2 Å². The summed E-state index contributed by atoms with van der Waals surface area (Å²) in [6.45, 7) is 4.86. The number of halogens is 1. The molecule has 0 aliphatic heterocycles. The van der Waals surface area contributed by atoms with Gasteiger partial charge in [-0.2, -0.15) is 5.10 Å². The monoisotopic (exact) mass is 297 g/mol. The van der Waals surface area contributed by atoms with Gasteiger partial charge in [0.1, 0.15) is 5.82 Å². The molecule has 0 fully saturated rings. The molecule has 0 bridgehead atoms. The van der Waals surface area contributed by atoms with Gasteiger partial charge in [-0.1, -0.05) is 13.8 Å². The van der Waals surface area contributed by atoms with Crippen molar-refractivity contribution in [2.45, 2.75) is 19.9 Å². The zero-order valence-corrected chi connectivity index (χ0v) is 11.5. The molecule has 1 atom stereocenters. The Labute approximate surface area is 109 Å². The number of nitrogens with one attached hydrogen (secondary N) is 1. The molecule has 0 aliphatic rings. The number of rotatable bonds is 4. The van der Waals surface area contributed by atoms with Gasteiger partial charge in [0.25, 0.3) is 0 Å². The molecular weight excluding hydrogens is 282 g/mol. The van der Waals surface area contributed by atoms with Crippen LogP contribution in [0.15, 0.2) is 22.9 Å². The van der Waals surface area contributed by atoms with Crippen LogP contribution in [0.1, 0.15) is 13.8 Å². The zero-order chi connectivity index (χ0) is 12.4. The average molecular weight is 298 g/mol. The van der Waals surface area contributed by atoms with Crippen molar-refractivity contribution in [2.75, 3.05) is 11.9 Å². The van der Waals surface area contributed by atoms with E-state index in [1.807, 2.05) is 12.3 Å². The Hall–Kier alpha value is -1.14. The van der Waals surface area contributed by atoms with Gasteiger partial charge in [0.2, 0.25) is 0 Å². The second kappa shape index (κ2) is 5.01. The maximum atomic E-state index is 5.73. The van der Waals surface area contributed by atoms with Crippen LogP contribution >= 0.6 is 15.9 Å². The fraction of sp³-hybridized carbons (Fsp3) is 0.455. The summed E-state index contributed by atoms with van der Waals surface area (Å²) >= 11 is 3.41. The van der Waals surface area contributed by atoms with E-state index in [0.717, 1.165) is 15.9 Å². The largest absolute Gasteiger partial charge is 0.366 e. The Morgan fingerprint density at radius 3 is 2.94 bits per heavy atom. The molecule has 0 spiro atoms. The molecule has 2 aromatic heterocycles. The van der Waals surface area contributed by atoms with Crippen LogP contribution < -0.4 is 11.1 Å². The summed E-state index contributed by atoms with van der Waals surface area (Å²) in [5.41, 5.74) is 6.53. The SMILES string of the molecule is CC(C)[C@@H](CN)Nc1ccn2ncc(Br)c2n1. The summed E-state index contributed by atoms with van der Waals surface area (Å²) in [6.07, 6.45) is 3.61. The Balaban J connectivity index is 2.26. The van der Waals surface area contributed by atoms with Gasteiger partial charge in [0.15, 0.2) is 5.65 Å². The minimum Gasteiger partial charge on any atom is -0.366 e. The number of hydrogen-bond donors (Lipinski definition) is 2. The van der Waals surface area contributed by atoms with Gasteiger partial charge in [-0.25, -0.2) is 9.50 Å². The third-order valence-electron chi connectivity index (χ3n) is 2.72. The van der Waals surface area contributed by atoms with E-state index in [-0.39, 0.29) is 6.04 Å². The lowest BCUT2D eigenvalue weighted by molar-refractivity contribution is 0.530. The summed E-state index contributed by atoms with van der Waals surface area (Å²) in [7, 11) is 0. The first-order valence-electron chi connectivity index (χ1n) is 5.58. The lowest BCUT2D eigenvalue weighted by Gasteiger charge is -2.20. The topological polar surface area (TPSA) is 68.2 Å². The van der Waals surface area contributed by atoms with Crippen molar-refractivity contribution < 1.29 is 0 Å². The van der Waals surface area contributed by atoms with E-state index >= 15 is 0 Å². The summed E-state index contributed by atoms with van der Waals surface area (Å²) in [4.78, 5) is 4.49. The molecule has 0 saturated carbocycles. The van der Waals surface area contributed by atoms with E-state index in [0.29, 0.717) is 12.5 Å². The highest BCUT2D eigenvalue weighted by Crippen LogP contribution is 2.17. The lowest BCUT2D eigenvalue weighted by atomic mass is 10.1. The van der Waals surface area contributed by atoms with Crippen LogP contribution in [0.4, 0.5) is 5.82 Å². The Morgan fingerprint density at radius 1 is 1.53 bits per heavy atom. The van der Waals surface area contributed by atoms with Gasteiger partial charge in [-0.3, -0.25) is 0 Å². The van der Waals surface area contributed by atoms with Crippen LogP contribution in [-0.2, 0) is 0 Å². The molecular formula is C11H16BrN5. The first-order valence-corrected chi connectivity index (χ1v) is 6.37. The van der Waals surface area contributed by atoms with Gasteiger partial charge >= 0.3 is 0 Å². The first-order chi connectivity index (χ1) is 8.11. The lowest BCUT2D eigenvalue weighted by Crippen LogP contribution is -2.34. The molecule has 0 unspecified atom stereocenters. The molecule has 2 aromatic rings. The summed E-state index contributed by atoms with van der Waals surface area (Å²) in [5, 5.41) is 7.49. The summed E-state index contributed by atoms with van der Waals surface area (Å²) in [6, 6.07) is 2.13. The van der Waals surface area contributed by atoms with Crippen LogP contribution in [0.3, 0.4) is 0 Å². The Kier molecular flexibility index (Phi) is 3.63. The Bertz CT molecular complexity index is 508. The molecule has 5 nitrogen and oxygen atoms in total. The highest BCUT2D eigenvalue weighted by Gasteiger charge is 2.12. The van der Waals surface area contributed by atoms with Gasteiger partial charge < -0.3 is 11.1 Å². The number of aromatic nitrogens is 3. The maximum absolute atomic E-state index is 5.73. The normalized spacial score (nSPS) is 13.2. The molecule has 2 rings (SSSR count). The van der Waals surface area contributed by atoms with Crippen LogP contribution in [0.5, 0.6) is 0 Å². The smallest absolute Gasteiger partial charge is 0.171 e. The molecule has 0 amide bonds. The highest BCUT2D eigenvalue weighted by atomic mass is 79.9. The van der Waals surface area contributed by atoms with Gasteiger partial charge in [0.05, 0.1) is 10.7 Å². The van der Waals surface area contributed by atoms with Crippen molar-refractivity contribution in [3.05, 3.63) is 22.9 Å². The van der Waals surface area contributed by atoms with Gasteiger partial charge in [-0.05, 0) is 27.9 Å². The van der Waals surface area contributed by atoms with Crippen molar-refractivity contribution in [1.29, 1.82) is 0 Å². The summed E-state index contributed by atoms with van der Waals surface area (Å²) in [5.74, 6) is 1.29. The second-order valence-electron chi connectivity index (χ2n) is 4.30. The van der Waals surface area contributed by atoms with Crippen LogP contribution in [0.25, 0.3) is 5.65 Å². The van der Waals surface area contributed by atoms with Gasteiger partial charge in [0, 0.05) is 18.8 Å². The van der Waals surface area contributed by atoms with Crippen LogP contribution in [0, 0.1) is 5.92 Å². The van der Waals surface area contributed by atoms with Crippen molar-refractivity contribution in [3.63, 3.8) is 0 Å². The number of anilines is 1. The number of nitrogens with two attached hydrogens (primary N) is 1. The second-order valence-corrected chi connectivity index (χ2v) is 5.16. The third-order valence-corrected chi connectivity index (χ3v) is 3.28. The zero-order valence-electron chi connectivity index (χ0n) is 9.89. The maximum Gasteiger partial charge on any atom is 0.171 e. The van der Waals surface area contributed by atoms with Crippen molar-refractivity contribution >= 4 is 27.4 Å². The molecule has 6 heteroatoms. The number of fused-ring (bicyclic) bond motifs is 1. The minimum absolute atomic E-state index is 0.228. The molecule has 17 heavy (non-hydrogen) atoms. The summed E-state index contributed by atoms with van der Waals surface area (Å²) < 4.78 is 2.61. The molecule has 0 aromatic carbocycles. The van der Waals surface area contributed by atoms with E-state index in [1.165, 1.54) is 0 Å². The fourth-order valence-corrected chi connectivity index (χ4v) is 1.97. The molecule has 0 aliphatic carbocycles. The van der Waals surface area contributed by atoms with Crippen molar-refractivity contribution in [1.82, 2.24) is 14.6 Å². The predicted octanol–water partition coefficient (Wildman–Crippen LogP) is 1.89. The standard InChI is InChI=1S/C11H16BrN5/c1-7(2)9(5-13)15-10-3-4-17-11(16-10)8(12)6-14-17/h3-4,6-7,9H,5,13H2,1-2H3,(H,15,16)/t9-/m1/s1. The van der Waals surface area contributed by atoms with Crippen LogP contribution in [-0.4, -0.2) is 27.2 Å². The van der Waals surface area contributed by atoms with E-state index in [9.17, 15) is 0 Å². The van der Waals surface area contributed by atoms with Crippen molar-refractivity contribution in [2.24, 2.45) is 11.7 Å². The van der Waals surface area contributed by atoms with Crippen molar-refractivity contribution in [3.8, 4) is 0 Å². The Morgan fingerprint density at radius 2 is 2.29 bits per heavy atom. The fourth-order valence-electron chi connectivity index (χ4n) is 1.61. The predicted molar refractivity (Wildman–Crippen MR) is 72.0 cm³/mol. The minimum atomic E-state index is 0.228. The molecule has 0 radical (unpaired) electrons. The molecule has 2 heterocycles. The first kappa shape index (κ1) is 12.3. The molecule has 0 saturated heterocycles. The van der Waals surface area contributed by atoms with E-state index in [1.54, 1.807) is 10.7 Å². The quantitative estimate of drug-likeness (QED) is 0.904. The highest BCUT2D eigenvalue weighted by molar-refractivity contribution is 9.10. The molecule has 92 valence electrons. The average Bonchev–Trinajstić information content (AvgIpc) is 2.67. The molecule has 3 N–H and O–H groups in total. The number of nitrogens with zero attached hydrogens (tertiary/aromatic N) is 3. The van der Waals surface area contributed by atoms with Gasteiger partial charge in [-0.15, -0.1) is 0 Å².